The van der Waals surface area contributed by atoms with E-state index in [0.717, 1.165) is 102 Å². The summed E-state index contributed by atoms with van der Waals surface area (Å²) in [4.78, 5) is 7.09. The van der Waals surface area contributed by atoms with Gasteiger partial charge in [0.15, 0.2) is 0 Å². The lowest BCUT2D eigenvalue weighted by molar-refractivity contribution is 0.669. The Morgan fingerprint density at radius 2 is 0.628 bits per heavy atom. The lowest BCUT2D eigenvalue weighted by Gasteiger charge is -2.29. The van der Waals surface area contributed by atoms with E-state index in [1.165, 1.54) is 100 Å². The fourth-order valence-corrected chi connectivity index (χ4v) is 19.2. The lowest BCUT2D eigenvalue weighted by Crippen LogP contribution is -2.11. The number of rotatable bonds is 16. The summed E-state index contributed by atoms with van der Waals surface area (Å²) in [6, 6.07) is 161. The molecule has 3 heterocycles. The van der Waals surface area contributed by atoms with Gasteiger partial charge in [0.25, 0.3) is 0 Å². The van der Waals surface area contributed by atoms with Crippen LogP contribution in [-0.4, -0.2) is 0 Å². The molecule has 23 aromatic rings. The summed E-state index contributed by atoms with van der Waals surface area (Å²) in [5.74, 6) is 0. The lowest BCUT2D eigenvalue weighted by atomic mass is 9.96. The van der Waals surface area contributed by atoms with Crippen LogP contribution in [0.1, 0.15) is 0 Å². The summed E-state index contributed by atoms with van der Waals surface area (Å²) in [6.45, 7) is 0. The Kier molecular flexibility index (Phi) is 19.7. The normalized spacial score (nSPS) is 11.3. The average molecular weight is 1590 g/mol. The molecule has 0 fully saturated rings. The summed E-state index contributed by atoms with van der Waals surface area (Å²) in [5, 5.41) is 28.1. The summed E-state index contributed by atoms with van der Waals surface area (Å²) in [6.07, 6.45) is 0. The van der Waals surface area contributed by atoms with Gasteiger partial charge in [-0.1, -0.05) is 267 Å². The molecule has 20 aromatic carbocycles. The molecule has 0 aliphatic rings. The fraction of sp³-hybridized carbons (Fsp3) is 0. The van der Waals surface area contributed by atoms with Crippen LogP contribution in [0.15, 0.2) is 459 Å². The topological polar surface area (TPSA) is 59.0 Å². The molecule has 121 heavy (non-hydrogen) atoms. The first-order valence-electron chi connectivity index (χ1n) is 40.8. The van der Waals surface area contributed by atoms with Crippen LogP contribution in [0, 0.1) is 0 Å². The van der Waals surface area contributed by atoms with E-state index in [9.17, 15) is 0 Å². The van der Waals surface area contributed by atoms with Crippen molar-refractivity contribution in [2.75, 3.05) is 30.7 Å². The highest BCUT2D eigenvalue weighted by Gasteiger charge is 2.25. The quantitative estimate of drug-likeness (QED) is 0.0658. The number of benzene rings is 20. The molecular formula is C112H78N6OS2. The predicted octanol–water partition coefficient (Wildman–Crippen LogP) is 33.6. The van der Waals surface area contributed by atoms with E-state index in [1.807, 2.05) is 59.1 Å². The van der Waals surface area contributed by atoms with Crippen LogP contribution in [0.2, 0.25) is 0 Å². The molecule has 3 aromatic heterocycles. The number of thiophene rings is 2. The van der Waals surface area contributed by atoms with Gasteiger partial charge in [0.05, 0.1) is 17.1 Å². The first-order valence-corrected chi connectivity index (χ1v) is 42.5. The molecule has 0 saturated heterocycles. The highest BCUT2D eigenvalue weighted by Crippen LogP contribution is 2.51. The number of anilines is 15. The van der Waals surface area contributed by atoms with Crippen LogP contribution in [-0.2, 0) is 0 Å². The number of hydrogen-bond donors (Lipinski definition) is 3. The summed E-state index contributed by atoms with van der Waals surface area (Å²) >= 11 is 3.73. The van der Waals surface area contributed by atoms with Crippen molar-refractivity contribution in [2.45, 2.75) is 0 Å². The molecule has 3 N–H and O–H groups in total. The van der Waals surface area contributed by atoms with Gasteiger partial charge >= 0.3 is 0 Å². The zero-order valence-corrected chi connectivity index (χ0v) is 67.5. The second-order valence-electron chi connectivity index (χ2n) is 30.1. The van der Waals surface area contributed by atoms with Gasteiger partial charge in [-0.2, -0.15) is 0 Å². The molecule has 0 bridgehead atoms. The molecule has 0 spiro atoms. The van der Waals surface area contributed by atoms with Gasteiger partial charge in [0.1, 0.15) is 11.2 Å². The maximum absolute atomic E-state index is 6.03. The van der Waals surface area contributed by atoms with Crippen molar-refractivity contribution in [1.82, 2.24) is 0 Å². The second-order valence-corrected chi connectivity index (χ2v) is 32.3. The van der Waals surface area contributed by atoms with Gasteiger partial charge < -0.3 is 35.1 Å². The molecule has 574 valence electrons. The Hall–Kier alpha value is -15.5. The van der Waals surface area contributed by atoms with E-state index in [4.69, 9.17) is 4.42 Å². The minimum absolute atomic E-state index is 0.886. The maximum Gasteiger partial charge on any atom is 0.137 e. The molecular weight excluding hydrogens is 1510 g/mol. The summed E-state index contributed by atoms with van der Waals surface area (Å²) in [7, 11) is 0. The molecule has 0 amide bonds. The third kappa shape index (κ3) is 14.5. The molecule has 23 rings (SSSR count). The Balaban J connectivity index is 0.000000114. The Morgan fingerprint density at radius 3 is 1.26 bits per heavy atom. The minimum Gasteiger partial charge on any atom is -0.456 e. The van der Waals surface area contributed by atoms with E-state index in [0.29, 0.717) is 0 Å². The highest BCUT2D eigenvalue weighted by molar-refractivity contribution is 7.26. The van der Waals surface area contributed by atoms with E-state index >= 15 is 0 Å². The molecule has 0 radical (unpaired) electrons. The molecule has 0 aliphatic carbocycles. The second kappa shape index (κ2) is 32.5. The van der Waals surface area contributed by atoms with E-state index in [2.05, 4.69) is 449 Å². The van der Waals surface area contributed by atoms with Crippen molar-refractivity contribution in [2.24, 2.45) is 0 Å². The smallest absolute Gasteiger partial charge is 0.137 e. The van der Waals surface area contributed by atoms with Crippen LogP contribution >= 0.6 is 22.7 Å². The van der Waals surface area contributed by atoms with E-state index in [1.54, 1.807) is 0 Å². The van der Waals surface area contributed by atoms with Crippen molar-refractivity contribution in [1.29, 1.82) is 0 Å². The number of furan rings is 1. The minimum atomic E-state index is 0.886. The average Bonchev–Trinajstić information content (AvgIpc) is 1.73. The number of nitrogens with one attached hydrogen (secondary N) is 3. The molecule has 0 saturated carbocycles. The van der Waals surface area contributed by atoms with Crippen LogP contribution < -0.4 is 30.7 Å². The standard InChI is InChI=1S/C44H30N2S.C38H26N2S.C30H22N2O/c1-4-14-30(15-5-1)31-24-26-41-39(28-31)40-29-34(25-27-42(40)47-41)46(33-18-8-3-9-19-33)44-37-22-12-10-20-35(37)43(36-21-11-13-23-38(36)44)45-32-16-6-2-7-17-32;1-3-12-27(13-4-1)39-34-21-22-35(32-18-10-9-17-31(32)34)40(28-14-5-2-6-15-28)29-20-24-36-33(25-29)38-30-16-8-7-11-26(30)19-23-37(38)41-36;1-3-9-24(10-4-1)32(25-11-5-2-6-12-25)26-18-15-22(16-19-26)31-23-17-20-28-27-13-7-8-14-29(27)33-30(28)21-23/h1-29,45H;1-25,39H;1-21,31H. The van der Waals surface area contributed by atoms with Gasteiger partial charge in [-0.05, 0) is 204 Å². The zero-order valence-electron chi connectivity index (χ0n) is 65.9. The number of fused-ring (bicyclic) bond motifs is 14. The van der Waals surface area contributed by atoms with Crippen molar-refractivity contribution in [3.8, 4) is 11.1 Å². The summed E-state index contributed by atoms with van der Waals surface area (Å²) < 4.78 is 11.3. The first kappa shape index (κ1) is 73.1. The molecule has 0 unspecified atom stereocenters. The van der Waals surface area contributed by atoms with Crippen LogP contribution in [0.25, 0.3) is 116 Å². The number of para-hydroxylation sites is 7. The monoisotopic (exact) mass is 1590 g/mol. The van der Waals surface area contributed by atoms with Gasteiger partial charge in [-0.3, -0.25) is 0 Å². The van der Waals surface area contributed by atoms with Gasteiger partial charge in [-0.25, -0.2) is 0 Å². The van der Waals surface area contributed by atoms with Crippen molar-refractivity contribution >= 4 is 213 Å². The van der Waals surface area contributed by atoms with Crippen molar-refractivity contribution in [3.63, 3.8) is 0 Å². The van der Waals surface area contributed by atoms with Crippen molar-refractivity contribution in [3.05, 3.63) is 455 Å². The Bertz CT molecular complexity index is 7580. The van der Waals surface area contributed by atoms with Gasteiger partial charge in [0.2, 0.25) is 0 Å². The molecule has 9 heteroatoms. The Labute approximate surface area is 709 Å². The largest absolute Gasteiger partial charge is 0.456 e. The first-order chi connectivity index (χ1) is 60.0. The van der Waals surface area contributed by atoms with E-state index < -0.39 is 0 Å². The van der Waals surface area contributed by atoms with Gasteiger partial charge in [-0.15, -0.1) is 22.7 Å². The van der Waals surface area contributed by atoms with Crippen LogP contribution in [0.4, 0.5) is 85.3 Å². The number of hydrogen-bond acceptors (Lipinski definition) is 9. The van der Waals surface area contributed by atoms with Crippen LogP contribution in [0.5, 0.6) is 0 Å². The fourth-order valence-electron chi connectivity index (χ4n) is 17.1. The molecule has 7 nitrogen and oxygen atoms in total. The predicted molar refractivity (Wildman–Crippen MR) is 521 cm³/mol. The molecule has 0 aliphatic heterocycles. The molecule has 0 atom stereocenters. The third-order valence-corrected chi connectivity index (χ3v) is 24.9. The van der Waals surface area contributed by atoms with Gasteiger partial charge in [0, 0.05) is 158 Å². The SMILES string of the molecule is c1ccc(N(c2ccccc2)c2ccc(Nc3ccc4c(c3)oc3ccccc34)cc2)cc1.c1ccc(Nc2c3ccccc3c(N(c3ccccc3)c3ccc4sc5ccc(-c6ccccc6)cc5c4c3)c3ccccc23)cc1.c1ccc(Nc2ccc(N(c3ccccc3)c3ccc4sc5ccc6ccccc6c5c4c3)c3ccccc23)cc1. The third-order valence-electron chi connectivity index (χ3n) is 22.6. The summed E-state index contributed by atoms with van der Waals surface area (Å²) in [5.41, 5.74) is 20.8. The van der Waals surface area contributed by atoms with E-state index in [-0.39, 0.29) is 0 Å². The van der Waals surface area contributed by atoms with Crippen molar-refractivity contribution < 1.29 is 4.42 Å². The highest BCUT2D eigenvalue weighted by atomic mass is 32.1. The zero-order chi connectivity index (χ0) is 80.4. The number of nitrogens with zero attached hydrogens (tertiary/aromatic N) is 3. The Morgan fingerprint density at radius 1 is 0.207 bits per heavy atom. The van der Waals surface area contributed by atoms with Crippen LogP contribution in [0.3, 0.4) is 0 Å². The maximum atomic E-state index is 6.03.